The highest BCUT2D eigenvalue weighted by molar-refractivity contribution is 7.99. The Morgan fingerprint density at radius 1 is 1.37 bits per heavy atom. The summed E-state index contributed by atoms with van der Waals surface area (Å²) in [5, 5.41) is 13.3. The number of carbonyl (C=O) groups is 1. The molecule has 10 nitrogen and oxygen atoms in total. The number of nitrogen functional groups attached to an aromatic ring is 1. The molecule has 30 heavy (non-hydrogen) atoms. The lowest BCUT2D eigenvalue weighted by molar-refractivity contribution is -0.117. The van der Waals surface area contributed by atoms with Gasteiger partial charge in [0.15, 0.2) is 0 Å². The zero-order chi connectivity index (χ0) is 21.7. The average molecular weight is 431 g/mol. The van der Waals surface area contributed by atoms with E-state index >= 15 is 0 Å². The molecule has 160 valence electrons. The Bertz CT molecular complexity index is 915. The maximum atomic E-state index is 11.8. The van der Waals surface area contributed by atoms with Crippen LogP contribution in [0.15, 0.2) is 35.0 Å². The van der Waals surface area contributed by atoms with Gasteiger partial charge in [-0.1, -0.05) is 6.08 Å². The standard InChI is InChI=1S/C19H26N8O2S/c1-3-4-13-14(27-9-7-12(28)8-10-27)5-6-15(22-13)30-19-25-17(21)24-18(26-19)23-16(29)11(2)20/h3,5-6,11-12,28H,1,4,7-10,20H2,2H3,(H3,21,23,24,25,26,29). The van der Waals surface area contributed by atoms with Crippen LogP contribution < -0.4 is 21.7 Å². The quantitative estimate of drug-likeness (QED) is 0.467. The van der Waals surface area contributed by atoms with Crippen LogP contribution in [-0.4, -0.2) is 56.2 Å². The summed E-state index contributed by atoms with van der Waals surface area (Å²) < 4.78 is 0. The molecule has 1 amide bonds. The molecule has 1 aliphatic rings. The second-order valence-corrected chi connectivity index (χ2v) is 7.99. The van der Waals surface area contributed by atoms with Crippen molar-refractivity contribution in [2.75, 3.05) is 29.0 Å². The molecule has 1 aliphatic heterocycles. The molecule has 2 aromatic rings. The van der Waals surface area contributed by atoms with E-state index in [1.165, 1.54) is 11.8 Å². The van der Waals surface area contributed by atoms with Gasteiger partial charge in [-0.05, 0) is 43.7 Å². The van der Waals surface area contributed by atoms with E-state index in [4.69, 9.17) is 16.5 Å². The first-order valence-corrected chi connectivity index (χ1v) is 10.5. The van der Waals surface area contributed by atoms with Gasteiger partial charge in [0.25, 0.3) is 0 Å². The van der Waals surface area contributed by atoms with Crippen LogP contribution in [0.25, 0.3) is 0 Å². The predicted octanol–water partition coefficient (Wildman–Crippen LogP) is 0.975. The Labute approximate surface area is 179 Å². The molecule has 0 bridgehead atoms. The molecule has 11 heteroatoms. The fourth-order valence-electron chi connectivity index (χ4n) is 3.00. The number of rotatable bonds is 7. The normalized spacial score (nSPS) is 15.6. The predicted molar refractivity (Wildman–Crippen MR) is 116 cm³/mol. The number of nitrogens with one attached hydrogen (secondary N) is 1. The second-order valence-electron chi connectivity index (χ2n) is 7.01. The Kier molecular flexibility index (Phi) is 7.19. The van der Waals surface area contributed by atoms with Gasteiger partial charge in [0.1, 0.15) is 5.03 Å². The van der Waals surface area contributed by atoms with Gasteiger partial charge in [0, 0.05) is 19.5 Å². The Morgan fingerprint density at radius 2 is 2.10 bits per heavy atom. The number of nitrogens with zero attached hydrogens (tertiary/aromatic N) is 5. The summed E-state index contributed by atoms with van der Waals surface area (Å²) in [5.41, 5.74) is 13.2. The van der Waals surface area contributed by atoms with Gasteiger partial charge < -0.3 is 21.5 Å². The molecule has 0 aliphatic carbocycles. The number of hydrogen-bond donors (Lipinski definition) is 4. The van der Waals surface area contributed by atoms with Gasteiger partial charge in [-0.15, -0.1) is 6.58 Å². The summed E-state index contributed by atoms with van der Waals surface area (Å²) in [5.74, 6) is -0.386. The summed E-state index contributed by atoms with van der Waals surface area (Å²) in [4.78, 5) is 31.0. The van der Waals surface area contributed by atoms with Crippen molar-refractivity contribution in [2.24, 2.45) is 5.73 Å². The minimum absolute atomic E-state index is 0.0118. The molecule has 3 heterocycles. The van der Waals surface area contributed by atoms with Gasteiger partial charge in [-0.3, -0.25) is 10.1 Å². The van der Waals surface area contributed by atoms with Crippen LogP contribution in [0.4, 0.5) is 17.6 Å². The molecule has 2 aromatic heterocycles. The summed E-state index contributed by atoms with van der Waals surface area (Å²) >= 11 is 1.22. The number of amides is 1. The number of piperidine rings is 1. The third-order valence-electron chi connectivity index (χ3n) is 4.54. The van der Waals surface area contributed by atoms with Gasteiger partial charge in [0.05, 0.1) is 23.5 Å². The molecule has 1 fully saturated rings. The first kappa shape index (κ1) is 21.9. The molecule has 0 spiro atoms. The fraction of sp³-hybridized carbons (Fsp3) is 0.421. The van der Waals surface area contributed by atoms with Crippen LogP contribution >= 0.6 is 11.8 Å². The molecule has 1 atom stereocenters. The van der Waals surface area contributed by atoms with Crippen LogP contribution in [0.5, 0.6) is 0 Å². The maximum Gasteiger partial charge on any atom is 0.243 e. The average Bonchev–Trinajstić information content (AvgIpc) is 2.69. The van der Waals surface area contributed by atoms with Crippen molar-refractivity contribution in [3.63, 3.8) is 0 Å². The number of aliphatic hydroxyl groups excluding tert-OH is 1. The maximum absolute atomic E-state index is 11.8. The van der Waals surface area contributed by atoms with Gasteiger partial charge in [0.2, 0.25) is 23.0 Å². The van der Waals surface area contributed by atoms with E-state index in [1.54, 1.807) is 6.92 Å². The minimum Gasteiger partial charge on any atom is -0.393 e. The van der Waals surface area contributed by atoms with Crippen molar-refractivity contribution in [3.8, 4) is 0 Å². The highest BCUT2D eigenvalue weighted by Crippen LogP contribution is 2.30. The fourth-order valence-corrected chi connectivity index (χ4v) is 3.75. The van der Waals surface area contributed by atoms with Crippen molar-refractivity contribution in [1.29, 1.82) is 0 Å². The number of anilines is 3. The third kappa shape index (κ3) is 5.65. The first-order chi connectivity index (χ1) is 14.4. The van der Waals surface area contributed by atoms with E-state index in [9.17, 15) is 9.90 Å². The largest absolute Gasteiger partial charge is 0.393 e. The highest BCUT2D eigenvalue weighted by Gasteiger charge is 2.20. The van der Waals surface area contributed by atoms with Crippen molar-refractivity contribution >= 4 is 35.3 Å². The van der Waals surface area contributed by atoms with Crippen molar-refractivity contribution in [2.45, 2.75) is 48.5 Å². The molecular weight excluding hydrogens is 404 g/mol. The summed E-state index contributed by atoms with van der Waals surface area (Å²) in [6, 6.07) is 3.19. The molecule has 1 unspecified atom stereocenters. The zero-order valence-corrected chi connectivity index (χ0v) is 17.6. The molecule has 0 aromatic carbocycles. The zero-order valence-electron chi connectivity index (χ0n) is 16.8. The van der Waals surface area contributed by atoms with Gasteiger partial charge in [-0.25, -0.2) is 4.98 Å². The number of aromatic nitrogens is 4. The van der Waals surface area contributed by atoms with Crippen LogP contribution in [0.1, 0.15) is 25.5 Å². The first-order valence-electron chi connectivity index (χ1n) is 9.65. The van der Waals surface area contributed by atoms with E-state index in [2.05, 4.69) is 31.7 Å². The number of nitrogens with two attached hydrogens (primary N) is 2. The molecule has 6 N–H and O–H groups in total. The lowest BCUT2D eigenvalue weighted by Gasteiger charge is -2.32. The van der Waals surface area contributed by atoms with Crippen LogP contribution in [0.2, 0.25) is 0 Å². The third-order valence-corrected chi connectivity index (χ3v) is 5.35. The highest BCUT2D eigenvalue weighted by atomic mass is 32.2. The number of carbonyl (C=O) groups excluding carboxylic acids is 1. The van der Waals surface area contributed by atoms with Gasteiger partial charge in [-0.2, -0.15) is 15.0 Å². The minimum atomic E-state index is -0.703. The molecule has 1 saturated heterocycles. The van der Waals surface area contributed by atoms with E-state index in [0.29, 0.717) is 16.6 Å². The Balaban J connectivity index is 1.81. The number of pyridine rings is 1. The molecule has 0 saturated carbocycles. The summed E-state index contributed by atoms with van der Waals surface area (Å²) in [7, 11) is 0. The summed E-state index contributed by atoms with van der Waals surface area (Å²) in [6.07, 6.45) is 3.66. The topological polar surface area (TPSA) is 156 Å². The lowest BCUT2D eigenvalue weighted by Crippen LogP contribution is -2.36. The van der Waals surface area contributed by atoms with E-state index in [1.807, 2.05) is 18.2 Å². The SMILES string of the molecule is C=CCc1nc(Sc2nc(N)nc(NC(=O)C(C)N)n2)ccc1N1CCC(O)CC1. The van der Waals surface area contributed by atoms with E-state index in [0.717, 1.165) is 37.3 Å². The number of aliphatic hydroxyl groups is 1. The van der Waals surface area contributed by atoms with Crippen molar-refractivity contribution < 1.29 is 9.90 Å². The molecule has 3 rings (SSSR count). The van der Waals surface area contributed by atoms with Gasteiger partial charge >= 0.3 is 0 Å². The van der Waals surface area contributed by atoms with Crippen molar-refractivity contribution in [3.05, 3.63) is 30.5 Å². The van der Waals surface area contributed by atoms with Crippen LogP contribution in [-0.2, 0) is 11.2 Å². The smallest absolute Gasteiger partial charge is 0.243 e. The molecular formula is C19H26N8O2S. The van der Waals surface area contributed by atoms with Crippen LogP contribution in [0.3, 0.4) is 0 Å². The monoisotopic (exact) mass is 430 g/mol. The molecule has 0 radical (unpaired) electrons. The van der Waals surface area contributed by atoms with Crippen molar-refractivity contribution in [1.82, 2.24) is 19.9 Å². The summed E-state index contributed by atoms with van der Waals surface area (Å²) in [6.45, 7) is 6.96. The Hall–Kier alpha value is -2.76. The number of hydrogen-bond acceptors (Lipinski definition) is 10. The second kappa shape index (κ2) is 9.83. The van der Waals surface area contributed by atoms with Crippen LogP contribution in [0, 0.1) is 0 Å². The van der Waals surface area contributed by atoms with E-state index in [-0.39, 0.29) is 18.0 Å². The lowest BCUT2D eigenvalue weighted by atomic mass is 10.1. The van der Waals surface area contributed by atoms with E-state index < -0.39 is 11.9 Å². The Morgan fingerprint density at radius 3 is 2.77 bits per heavy atom. The number of allylic oxidation sites excluding steroid dienone is 1.